The molecule has 0 N–H and O–H groups in total. The predicted octanol–water partition coefficient (Wildman–Crippen LogP) is -1.35. The molecule has 0 radical (unpaired) electrons. The monoisotopic (exact) mass is 319 g/mol. The van der Waals surface area contributed by atoms with Gasteiger partial charge in [0.15, 0.2) is 0 Å². The number of anilines is 1. The van der Waals surface area contributed by atoms with Crippen LogP contribution in [0.25, 0.3) is 0 Å². The number of hydrogen-bond donors (Lipinski definition) is 0. The lowest BCUT2D eigenvalue weighted by Crippen LogP contribution is -2.49. The summed E-state index contributed by atoms with van der Waals surface area (Å²) in [6, 6.07) is 5.36. The van der Waals surface area contributed by atoms with E-state index in [2.05, 4.69) is 9.88 Å². The van der Waals surface area contributed by atoms with Crippen molar-refractivity contribution in [3.63, 3.8) is 0 Å². The van der Waals surface area contributed by atoms with Gasteiger partial charge in [-0.2, -0.15) is 0 Å². The van der Waals surface area contributed by atoms with E-state index >= 15 is 0 Å². The molecule has 0 spiro atoms. The minimum Gasteiger partial charge on any atom is -0.493 e. The van der Waals surface area contributed by atoms with Gasteiger partial charge in [-0.05, 0) is 19.2 Å². The Morgan fingerprint density at radius 1 is 1.09 bits per heavy atom. The van der Waals surface area contributed by atoms with Gasteiger partial charge in [-0.15, -0.1) is 0 Å². The highest BCUT2D eigenvalue weighted by Crippen LogP contribution is 2.11. The highest BCUT2D eigenvalue weighted by Gasteiger charge is 2.35. The zero-order chi connectivity index (χ0) is 16.2. The van der Waals surface area contributed by atoms with Gasteiger partial charge in [0.05, 0.1) is 26.3 Å². The number of likely N-dealkylation sites (N-methyl/N-ethyl adjacent to an activating group) is 1. The molecule has 0 unspecified atom stereocenters. The Kier molecular flexibility index (Phi) is 4.77. The number of hydrogen-bond acceptors (Lipinski definition) is 8. The molecule has 3 heterocycles. The molecule has 0 aliphatic carbocycles. The van der Waals surface area contributed by atoms with Crippen LogP contribution in [-0.4, -0.2) is 75.4 Å². The minimum absolute atomic E-state index is 0.0365. The first-order valence-corrected chi connectivity index (χ1v) is 7.49. The maximum absolute atomic E-state index is 11.8. The standard InChI is InChI=1S/C14H18BN3O5/c1-17-9-13(19)22-15(23-14(20)10-17)11-3-2-4-12(16-11)18-5-7-21-8-6-18/h2-4H,5-10H2,1H3. The first-order valence-electron chi connectivity index (χ1n) is 7.49. The maximum Gasteiger partial charge on any atom is 0.656 e. The van der Waals surface area contributed by atoms with Crippen molar-refractivity contribution in [2.24, 2.45) is 0 Å². The van der Waals surface area contributed by atoms with Crippen molar-refractivity contribution in [3.05, 3.63) is 18.2 Å². The molecule has 122 valence electrons. The highest BCUT2D eigenvalue weighted by atomic mass is 16.6. The van der Waals surface area contributed by atoms with Gasteiger partial charge in [-0.25, -0.2) is 4.98 Å². The van der Waals surface area contributed by atoms with Crippen LogP contribution in [0.3, 0.4) is 0 Å². The number of morpholine rings is 1. The number of carbonyl (C=O) groups excluding carboxylic acids is 2. The summed E-state index contributed by atoms with van der Waals surface area (Å²) < 4.78 is 15.8. The molecule has 0 bridgehead atoms. The van der Waals surface area contributed by atoms with E-state index in [1.54, 1.807) is 24.1 Å². The minimum atomic E-state index is -1.11. The van der Waals surface area contributed by atoms with E-state index in [9.17, 15) is 9.59 Å². The van der Waals surface area contributed by atoms with Crippen LogP contribution in [0.4, 0.5) is 5.82 Å². The molecule has 9 heteroatoms. The third-order valence-corrected chi connectivity index (χ3v) is 3.61. The number of ether oxygens (including phenoxy) is 1. The Morgan fingerprint density at radius 3 is 2.39 bits per heavy atom. The fraction of sp³-hybridized carbons (Fsp3) is 0.500. The summed E-state index contributed by atoms with van der Waals surface area (Å²) in [5.74, 6) is -0.163. The molecule has 2 saturated heterocycles. The molecule has 2 aliphatic heterocycles. The van der Waals surface area contributed by atoms with Gasteiger partial charge in [0.25, 0.3) is 0 Å². The van der Waals surface area contributed by atoms with Crippen LogP contribution < -0.4 is 10.5 Å². The van der Waals surface area contributed by atoms with Gasteiger partial charge in [0.2, 0.25) is 0 Å². The maximum atomic E-state index is 11.8. The van der Waals surface area contributed by atoms with Crippen LogP contribution in [0.5, 0.6) is 0 Å². The highest BCUT2D eigenvalue weighted by molar-refractivity contribution is 6.63. The quantitative estimate of drug-likeness (QED) is 0.619. The van der Waals surface area contributed by atoms with E-state index in [0.717, 1.165) is 18.9 Å². The average Bonchev–Trinajstić information content (AvgIpc) is 2.53. The first-order chi connectivity index (χ1) is 11.1. The van der Waals surface area contributed by atoms with Crippen molar-refractivity contribution < 1.29 is 23.6 Å². The van der Waals surface area contributed by atoms with Crippen LogP contribution in [0.15, 0.2) is 18.2 Å². The normalized spacial score (nSPS) is 20.6. The Hall–Kier alpha value is -2.13. The van der Waals surface area contributed by atoms with E-state index in [1.165, 1.54) is 0 Å². The number of carbonyl (C=O) groups is 2. The number of aromatic nitrogens is 1. The van der Waals surface area contributed by atoms with Gasteiger partial charge >= 0.3 is 19.1 Å². The summed E-state index contributed by atoms with van der Waals surface area (Å²) in [7, 11) is 0.546. The number of pyridine rings is 1. The van der Waals surface area contributed by atoms with Gasteiger partial charge in [0.1, 0.15) is 11.4 Å². The van der Waals surface area contributed by atoms with Crippen molar-refractivity contribution in [2.75, 3.05) is 51.3 Å². The molecule has 1 aromatic rings. The fourth-order valence-corrected chi connectivity index (χ4v) is 2.49. The fourth-order valence-electron chi connectivity index (χ4n) is 2.49. The Morgan fingerprint density at radius 2 is 1.74 bits per heavy atom. The van der Waals surface area contributed by atoms with Gasteiger partial charge in [0, 0.05) is 13.1 Å². The van der Waals surface area contributed by atoms with Gasteiger partial charge in [-0.1, -0.05) is 6.07 Å². The summed E-state index contributed by atoms with van der Waals surface area (Å²) in [5, 5.41) is 0. The van der Waals surface area contributed by atoms with Crippen LogP contribution >= 0.6 is 0 Å². The zero-order valence-electron chi connectivity index (χ0n) is 12.9. The molecule has 0 atom stereocenters. The SMILES string of the molecule is CN1CC(=O)OB(c2cccc(N3CCOCC3)n2)OC(=O)C1. The lowest BCUT2D eigenvalue weighted by atomic mass is 9.83. The van der Waals surface area contributed by atoms with E-state index in [0.29, 0.717) is 18.8 Å². The van der Waals surface area contributed by atoms with Crippen molar-refractivity contribution in [2.45, 2.75) is 0 Å². The molecule has 0 aromatic carbocycles. The number of nitrogens with zero attached hydrogens (tertiary/aromatic N) is 3. The lowest BCUT2D eigenvalue weighted by Gasteiger charge is -2.28. The van der Waals surface area contributed by atoms with Crippen LogP contribution in [0.1, 0.15) is 0 Å². The van der Waals surface area contributed by atoms with Crippen LogP contribution in [0, 0.1) is 0 Å². The summed E-state index contributed by atoms with van der Waals surface area (Å²) in [5.41, 5.74) is 0.403. The lowest BCUT2D eigenvalue weighted by molar-refractivity contribution is -0.145. The van der Waals surface area contributed by atoms with E-state index in [-0.39, 0.29) is 13.1 Å². The molecule has 1 aromatic heterocycles. The van der Waals surface area contributed by atoms with Crippen molar-refractivity contribution in [1.82, 2.24) is 9.88 Å². The Bertz CT molecular complexity index is 574. The molecule has 0 amide bonds. The average molecular weight is 319 g/mol. The van der Waals surface area contributed by atoms with Gasteiger partial charge in [-0.3, -0.25) is 14.5 Å². The summed E-state index contributed by atoms with van der Waals surface area (Å²) >= 11 is 0. The van der Waals surface area contributed by atoms with E-state index in [1.807, 2.05) is 6.07 Å². The summed E-state index contributed by atoms with van der Waals surface area (Å²) in [6.07, 6.45) is 0. The zero-order valence-corrected chi connectivity index (χ0v) is 12.9. The third-order valence-electron chi connectivity index (χ3n) is 3.61. The summed E-state index contributed by atoms with van der Waals surface area (Å²) in [6.45, 7) is 2.85. The largest absolute Gasteiger partial charge is 0.656 e. The predicted molar refractivity (Wildman–Crippen MR) is 82.3 cm³/mol. The van der Waals surface area contributed by atoms with Crippen molar-refractivity contribution in [3.8, 4) is 0 Å². The topological polar surface area (TPSA) is 81.2 Å². The second kappa shape index (κ2) is 6.97. The molecule has 2 fully saturated rings. The molecule has 0 saturated carbocycles. The van der Waals surface area contributed by atoms with Crippen LogP contribution in [-0.2, 0) is 23.6 Å². The molecular formula is C14H18BN3O5. The Labute approximate surface area is 134 Å². The van der Waals surface area contributed by atoms with Crippen LogP contribution in [0.2, 0.25) is 0 Å². The molecule has 2 aliphatic rings. The molecular weight excluding hydrogens is 301 g/mol. The smallest absolute Gasteiger partial charge is 0.493 e. The number of rotatable bonds is 2. The molecule has 3 rings (SSSR count). The first kappa shape index (κ1) is 15.8. The van der Waals surface area contributed by atoms with Crippen molar-refractivity contribution >= 4 is 30.5 Å². The second-order valence-corrected chi connectivity index (χ2v) is 5.50. The van der Waals surface area contributed by atoms with Crippen molar-refractivity contribution in [1.29, 1.82) is 0 Å². The Balaban J connectivity index is 1.79. The second-order valence-electron chi connectivity index (χ2n) is 5.50. The van der Waals surface area contributed by atoms with Gasteiger partial charge < -0.3 is 18.9 Å². The third kappa shape index (κ3) is 3.99. The van der Waals surface area contributed by atoms with E-state index in [4.69, 9.17) is 14.0 Å². The molecule has 8 nitrogen and oxygen atoms in total. The van der Waals surface area contributed by atoms with E-state index < -0.39 is 19.1 Å². The summed E-state index contributed by atoms with van der Waals surface area (Å²) in [4.78, 5) is 31.7. The molecule has 23 heavy (non-hydrogen) atoms.